The third-order valence-corrected chi connectivity index (χ3v) is 9.20. The standard InChI is InChI=1S/C20H15F3N4O3.C10H10N4O2S/c21-8-1-2-15(13(22)3-8)27-7-12(20(29)30)17(28)9-4-14(23)19(25-18(9)27)26-5-10-11(6-26)16(10)24;11-8-2-4-9(5-3-8)17(15,16)14-10-12-6-1-7-13-10/h1-4,7,10-11,16H,5-6,24H2,(H,29,30);1-7H,11H2,(H,12,13,14)/t10-,11+,16?;. The minimum atomic E-state index is -3.66. The van der Waals surface area contributed by atoms with E-state index in [1.165, 1.54) is 36.7 Å². The van der Waals surface area contributed by atoms with Gasteiger partial charge in [-0.05, 0) is 60.4 Å². The molecule has 17 heteroatoms. The molecule has 3 aromatic heterocycles. The first kappa shape index (κ1) is 31.4. The van der Waals surface area contributed by atoms with E-state index < -0.39 is 44.4 Å². The van der Waals surface area contributed by atoms with Crippen LogP contribution in [0.4, 0.5) is 30.6 Å². The zero-order chi connectivity index (χ0) is 33.6. The fourth-order valence-electron chi connectivity index (χ4n) is 5.37. The number of nitrogens with two attached hydrogens (primary N) is 2. The number of piperidine rings is 1. The first-order chi connectivity index (χ1) is 22.3. The number of hydrogen-bond donors (Lipinski definition) is 4. The second-order valence-corrected chi connectivity index (χ2v) is 12.5. The highest BCUT2D eigenvalue weighted by Gasteiger charge is 2.54. The SMILES string of the molecule is NC1[C@H]2CN(c3nc4c(cc3F)c(=O)c(C(=O)O)cn4-c3ccc(F)cc3F)C[C@@H]12.Nc1ccc(S(=O)(=O)Nc2ncccn2)cc1. The van der Waals surface area contributed by atoms with Gasteiger partial charge in [0.1, 0.15) is 17.2 Å². The second kappa shape index (κ2) is 12.0. The number of rotatable bonds is 6. The highest BCUT2D eigenvalue weighted by Crippen LogP contribution is 2.45. The highest BCUT2D eigenvalue weighted by atomic mass is 32.2. The van der Waals surface area contributed by atoms with Gasteiger partial charge < -0.3 is 21.5 Å². The number of pyridine rings is 2. The second-order valence-electron chi connectivity index (χ2n) is 10.9. The number of nitrogens with zero attached hydrogens (tertiary/aromatic N) is 5. The summed E-state index contributed by atoms with van der Waals surface area (Å²) in [5.41, 5.74) is 9.92. The Morgan fingerprint density at radius 1 is 0.979 bits per heavy atom. The molecule has 5 aromatic rings. The molecular formula is C30H25F3N8O5S. The number of sulfonamides is 1. The van der Waals surface area contributed by atoms with Gasteiger partial charge in [0.05, 0.1) is 16.0 Å². The van der Waals surface area contributed by atoms with Crippen molar-refractivity contribution in [3.63, 3.8) is 0 Å². The van der Waals surface area contributed by atoms with Crippen LogP contribution in [-0.4, -0.2) is 58.1 Å². The summed E-state index contributed by atoms with van der Waals surface area (Å²) in [6, 6.07) is 11.2. The van der Waals surface area contributed by atoms with Gasteiger partial charge in [0.15, 0.2) is 17.3 Å². The third-order valence-electron chi connectivity index (χ3n) is 7.85. The van der Waals surface area contributed by atoms with Crippen LogP contribution in [0.5, 0.6) is 0 Å². The summed E-state index contributed by atoms with van der Waals surface area (Å²) in [5, 5.41) is 9.05. The van der Waals surface area contributed by atoms with Crippen LogP contribution in [0.15, 0.2) is 82.9 Å². The summed E-state index contributed by atoms with van der Waals surface area (Å²) in [6.07, 6.45) is 3.82. The molecule has 2 fully saturated rings. The lowest BCUT2D eigenvalue weighted by molar-refractivity contribution is 0.0695. The molecule has 6 N–H and O–H groups in total. The number of halogens is 3. The van der Waals surface area contributed by atoms with Gasteiger partial charge in [-0.2, -0.15) is 0 Å². The average molecular weight is 667 g/mol. The number of carbonyl (C=O) groups is 1. The molecule has 47 heavy (non-hydrogen) atoms. The van der Waals surface area contributed by atoms with Crippen LogP contribution in [-0.2, 0) is 10.0 Å². The Balaban J connectivity index is 0.000000193. The Bertz CT molecular complexity index is 2170. The topological polar surface area (TPSA) is 199 Å². The van der Waals surface area contributed by atoms with Crippen molar-refractivity contribution in [3.05, 3.63) is 106 Å². The van der Waals surface area contributed by atoms with E-state index in [1.54, 1.807) is 11.0 Å². The maximum absolute atomic E-state index is 14.8. The lowest BCUT2D eigenvalue weighted by atomic mass is 10.1. The van der Waals surface area contributed by atoms with E-state index in [0.29, 0.717) is 24.8 Å². The monoisotopic (exact) mass is 666 g/mol. The number of nitrogens with one attached hydrogen (secondary N) is 1. The largest absolute Gasteiger partial charge is 0.477 e. The van der Waals surface area contributed by atoms with E-state index in [2.05, 4.69) is 19.7 Å². The number of benzene rings is 2. The van der Waals surface area contributed by atoms with Crippen LogP contribution < -0.4 is 26.5 Å². The Hall–Kier alpha value is -5.55. The predicted octanol–water partition coefficient (Wildman–Crippen LogP) is 2.75. The van der Waals surface area contributed by atoms with Crippen molar-refractivity contribution < 1.29 is 31.5 Å². The summed E-state index contributed by atoms with van der Waals surface area (Å²) < 4.78 is 69.7. The number of carboxylic acids is 1. The summed E-state index contributed by atoms with van der Waals surface area (Å²) in [5.74, 6) is -3.67. The van der Waals surface area contributed by atoms with Crippen LogP contribution in [0, 0.1) is 29.3 Å². The molecule has 1 aliphatic heterocycles. The normalized spacial score (nSPS) is 18.3. The van der Waals surface area contributed by atoms with E-state index in [1.807, 2.05) is 0 Å². The van der Waals surface area contributed by atoms with Gasteiger partial charge in [0.25, 0.3) is 10.0 Å². The third kappa shape index (κ3) is 6.17. The molecule has 13 nitrogen and oxygen atoms in total. The average Bonchev–Trinajstić information content (AvgIpc) is 3.39. The molecule has 0 radical (unpaired) electrons. The van der Waals surface area contributed by atoms with Crippen LogP contribution in [0.3, 0.4) is 0 Å². The number of hydrogen-bond acceptors (Lipinski definition) is 10. The molecule has 1 saturated carbocycles. The predicted molar refractivity (Wildman–Crippen MR) is 165 cm³/mol. The minimum absolute atomic E-state index is 0.0272. The zero-order valence-corrected chi connectivity index (χ0v) is 24.9. The van der Waals surface area contributed by atoms with Gasteiger partial charge in [0.2, 0.25) is 11.4 Å². The van der Waals surface area contributed by atoms with Gasteiger partial charge in [-0.25, -0.2) is 46.1 Å². The summed E-state index contributed by atoms with van der Waals surface area (Å²) in [7, 11) is -3.66. The number of aromatic carboxylic acids is 1. The molecule has 3 atom stereocenters. The number of nitrogen functional groups attached to an aromatic ring is 1. The summed E-state index contributed by atoms with van der Waals surface area (Å²) in [4.78, 5) is 37.7. The molecule has 2 aromatic carbocycles. The van der Waals surface area contributed by atoms with E-state index in [9.17, 15) is 36.3 Å². The molecule has 0 amide bonds. The van der Waals surface area contributed by atoms with Crippen LogP contribution in [0.1, 0.15) is 10.4 Å². The Morgan fingerprint density at radius 2 is 1.64 bits per heavy atom. The van der Waals surface area contributed by atoms with Crippen LogP contribution in [0.2, 0.25) is 0 Å². The molecule has 7 rings (SSSR count). The Morgan fingerprint density at radius 3 is 2.26 bits per heavy atom. The molecule has 242 valence electrons. The smallest absolute Gasteiger partial charge is 0.341 e. The van der Waals surface area contributed by atoms with Gasteiger partial charge in [-0.3, -0.25) is 9.36 Å². The fourth-order valence-corrected chi connectivity index (χ4v) is 6.33. The van der Waals surface area contributed by atoms with Crippen LogP contribution in [0.25, 0.3) is 16.7 Å². The van der Waals surface area contributed by atoms with Crippen molar-refractivity contribution in [1.29, 1.82) is 0 Å². The van der Waals surface area contributed by atoms with Crippen molar-refractivity contribution in [2.45, 2.75) is 10.9 Å². The van der Waals surface area contributed by atoms with E-state index in [0.717, 1.165) is 29.0 Å². The lowest BCUT2D eigenvalue weighted by Gasteiger charge is -2.22. The first-order valence-corrected chi connectivity index (χ1v) is 15.4. The van der Waals surface area contributed by atoms with Crippen molar-refractivity contribution in [2.75, 3.05) is 28.4 Å². The lowest BCUT2D eigenvalue weighted by Crippen LogP contribution is -2.30. The summed E-state index contributed by atoms with van der Waals surface area (Å²) in [6.45, 7) is 1.01. The van der Waals surface area contributed by atoms with Crippen molar-refractivity contribution in [1.82, 2.24) is 19.5 Å². The molecule has 0 spiro atoms. The number of carboxylic acid groups (broad SMARTS) is 1. The zero-order valence-electron chi connectivity index (χ0n) is 24.1. The minimum Gasteiger partial charge on any atom is -0.477 e. The molecule has 1 unspecified atom stereocenters. The summed E-state index contributed by atoms with van der Waals surface area (Å²) >= 11 is 0. The van der Waals surface area contributed by atoms with Crippen molar-refractivity contribution >= 4 is 44.5 Å². The van der Waals surface area contributed by atoms with E-state index >= 15 is 0 Å². The van der Waals surface area contributed by atoms with Crippen LogP contribution >= 0.6 is 0 Å². The maximum atomic E-state index is 14.8. The molecular weight excluding hydrogens is 641 g/mol. The van der Waals surface area contributed by atoms with Gasteiger partial charge in [-0.1, -0.05) is 0 Å². The van der Waals surface area contributed by atoms with Gasteiger partial charge >= 0.3 is 5.97 Å². The van der Waals surface area contributed by atoms with Gasteiger partial charge in [-0.15, -0.1) is 0 Å². The Labute approximate surface area is 264 Å². The van der Waals surface area contributed by atoms with Gasteiger partial charge in [0, 0.05) is 49.5 Å². The molecule has 4 heterocycles. The molecule has 0 bridgehead atoms. The van der Waals surface area contributed by atoms with Crippen molar-refractivity contribution in [2.24, 2.45) is 17.6 Å². The quantitative estimate of drug-likeness (QED) is 0.194. The fraction of sp³-hybridized carbons (Fsp3) is 0.167. The number of aromatic nitrogens is 4. The van der Waals surface area contributed by atoms with E-state index in [4.69, 9.17) is 11.5 Å². The first-order valence-electron chi connectivity index (χ1n) is 13.9. The number of anilines is 3. The van der Waals surface area contributed by atoms with Crippen molar-refractivity contribution in [3.8, 4) is 5.69 Å². The van der Waals surface area contributed by atoms with E-state index in [-0.39, 0.29) is 51.3 Å². The molecule has 1 saturated heterocycles. The Kier molecular flexibility index (Phi) is 8.02. The maximum Gasteiger partial charge on any atom is 0.341 e. The highest BCUT2D eigenvalue weighted by molar-refractivity contribution is 7.92. The molecule has 1 aliphatic carbocycles. The number of fused-ring (bicyclic) bond motifs is 2. The molecule has 2 aliphatic rings.